The molecule has 0 N–H and O–H groups in total. The Balaban J connectivity index is 2.35. The molecule has 1 fully saturated rings. The van der Waals surface area contributed by atoms with Crippen molar-refractivity contribution in [1.29, 1.82) is 0 Å². The summed E-state index contributed by atoms with van der Waals surface area (Å²) in [4.78, 5) is 25.1. The predicted molar refractivity (Wildman–Crippen MR) is 78.5 cm³/mol. The monoisotopic (exact) mass is 327 g/mol. The average Bonchev–Trinajstić information content (AvgIpc) is 2.71. The van der Waals surface area contributed by atoms with Crippen molar-refractivity contribution >= 4 is 45.9 Å². The van der Waals surface area contributed by atoms with Gasteiger partial charge < -0.3 is 4.90 Å². The van der Waals surface area contributed by atoms with E-state index in [1.165, 1.54) is 6.92 Å². The molecule has 1 unspecified atom stereocenters. The molecule has 1 aromatic carbocycles. The lowest BCUT2D eigenvalue weighted by molar-refractivity contribution is -0.117. The first-order chi connectivity index (χ1) is 8.52. The molecule has 1 heterocycles. The molecule has 2 rings (SSSR count). The Morgan fingerprint density at radius 3 is 2.83 bits per heavy atom. The van der Waals surface area contributed by atoms with Crippen molar-refractivity contribution in [3.05, 3.63) is 28.2 Å². The average molecular weight is 328 g/mol. The van der Waals surface area contributed by atoms with Crippen molar-refractivity contribution in [2.24, 2.45) is 5.92 Å². The zero-order valence-electron chi connectivity index (χ0n) is 10.0. The highest BCUT2D eigenvalue weighted by Gasteiger charge is 2.30. The van der Waals surface area contributed by atoms with Crippen LogP contribution in [-0.4, -0.2) is 24.0 Å². The molecule has 1 aliphatic heterocycles. The fourth-order valence-electron chi connectivity index (χ4n) is 2.08. The van der Waals surface area contributed by atoms with Gasteiger partial charge in [-0.15, -0.1) is 0 Å². The van der Waals surface area contributed by atoms with Crippen LogP contribution in [0.15, 0.2) is 22.7 Å². The van der Waals surface area contributed by atoms with Crippen LogP contribution in [0.3, 0.4) is 0 Å². The molecule has 0 bridgehead atoms. The van der Waals surface area contributed by atoms with E-state index in [1.54, 1.807) is 17.0 Å². The van der Waals surface area contributed by atoms with E-state index in [-0.39, 0.29) is 17.6 Å². The highest BCUT2D eigenvalue weighted by atomic mass is 79.9. The van der Waals surface area contributed by atoms with Crippen molar-refractivity contribution < 1.29 is 9.59 Å². The van der Waals surface area contributed by atoms with Crippen LogP contribution in [0.25, 0.3) is 0 Å². The molecular weight excluding hydrogens is 314 g/mol. The molecule has 0 aliphatic carbocycles. The Kier molecular flexibility index (Phi) is 4.12. The number of amides is 1. The molecule has 1 atom stereocenters. The summed E-state index contributed by atoms with van der Waals surface area (Å²) in [6, 6.07) is 5.34. The fraction of sp³-hybridized carbons (Fsp3) is 0.385. The Hall–Kier alpha value is -0.810. The van der Waals surface area contributed by atoms with Crippen molar-refractivity contribution in [1.82, 2.24) is 0 Å². The molecule has 0 spiro atoms. The van der Waals surface area contributed by atoms with Crippen LogP contribution in [0.1, 0.15) is 23.7 Å². The second-order valence-electron chi connectivity index (χ2n) is 4.48. The van der Waals surface area contributed by atoms with E-state index in [1.807, 2.05) is 6.07 Å². The van der Waals surface area contributed by atoms with Gasteiger partial charge in [0.1, 0.15) is 0 Å². The maximum atomic E-state index is 12.0. The standard InChI is InChI=1S/C13H14BrNO2S/c1-8(16)10-2-3-11(14)12(5-10)15-6-9(7-18)4-13(15)17/h2-3,5,9,18H,4,6-7H2,1H3. The van der Waals surface area contributed by atoms with Crippen LogP contribution in [-0.2, 0) is 4.79 Å². The lowest BCUT2D eigenvalue weighted by Gasteiger charge is -2.19. The third kappa shape index (κ3) is 2.62. The molecular formula is C13H14BrNO2S. The molecule has 3 nitrogen and oxygen atoms in total. The Morgan fingerprint density at radius 2 is 2.28 bits per heavy atom. The van der Waals surface area contributed by atoms with Gasteiger partial charge in [-0.2, -0.15) is 12.6 Å². The third-order valence-corrected chi connectivity index (χ3v) is 4.29. The van der Waals surface area contributed by atoms with Gasteiger partial charge in [0.2, 0.25) is 5.91 Å². The van der Waals surface area contributed by atoms with E-state index in [4.69, 9.17) is 0 Å². The molecule has 1 aliphatic rings. The van der Waals surface area contributed by atoms with Crippen molar-refractivity contribution in [3.8, 4) is 0 Å². The van der Waals surface area contributed by atoms with Gasteiger partial charge in [-0.3, -0.25) is 9.59 Å². The summed E-state index contributed by atoms with van der Waals surface area (Å²) in [6.07, 6.45) is 0.528. The highest BCUT2D eigenvalue weighted by Crippen LogP contribution is 2.32. The molecule has 5 heteroatoms. The first-order valence-electron chi connectivity index (χ1n) is 5.74. The maximum absolute atomic E-state index is 12.0. The number of thiol groups is 1. The SMILES string of the molecule is CC(=O)c1ccc(Br)c(N2CC(CS)CC2=O)c1. The number of rotatable bonds is 3. The van der Waals surface area contributed by atoms with Gasteiger partial charge in [-0.1, -0.05) is 6.07 Å². The summed E-state index contributed by atoms with van der Waals surface area (Å²) < 4.78 is 0.834. The number of ketones is 1. The molecule has 96 valence electrons. The minimum absolute atomic E-state index is 0.00106. The van der Waals surface area contributed by atoms with E-state index in [2.05, 4.69) is 28.6 Å². The number of benzene rings is 1. The van der Waals surface area contributed by atoms with E-state index in [0.717, 1.165) is 10.2 Å². The zero-order valence-corrected chi connectivity index (χ0v) is 12.5. The first-order valence-corrected chi connectivity index (χ1v) is 7.17. The Morgan fingerprint density at radius 1 is 1.56 bits per heavy atom. The van der Waals surface area contributed by atoms with Crippen molar-refractivity contribution in [2.45, 2.75) is 13.3 Å². The van der Waals surface area contributed by atoms with Gasteiger partial charge in [-0.05, 0) is 46.7 Å². The number of hydrogen-bond donors (Lipinski definition) is 1. The second-order valence-corrected chi connectivity index (χ2v) is 5.70. The van der Waals surface area contributed by atoms with Crippen LogP contribution in [0.5, 0.6) is 0 Å². The van der Waals surface area contributed by atoms with Gasteiger partial charge in [-0.25, -0.2) is 0 Å². The third-order valence-electron chi connectivity index (χ3n) is 3.11. The summed E-state index contributed by atoms with van der Waals surface area (Å²) in [5.41, 5.74) is 1.40. The number of carbonyl (C=O) groups is 2. The number of anilines is 1. The second kappa shape index (κ2) is 5.45. The molecule has 0 saturated carbocycles. The summed E-state index contributed by atoms with van der Waals surface area (Å²) in [5.74, 6) is 1.08. The molecule has 1 saturated heterocycles. The molecule has 0 radical (unpaired) electrons. The number of hydrogen-bond acceptors (Lipinski definition) is 3. The van der Waals surface area contributed by atoms with E-state index >= 15 is 0 Å². The molecule has 1 aromatic rings. The smallest absolute Gasteiger partial charge is 0.227 e. The molecule has 0 aromatic heterocycles. The van der Waals surface area contributed by atoms with Crippen LogP contribution >= 0.6 is 28.6 Å². The van der Waals surface area contributed by atoms with E-state index < -0.39 is 0 Å². The number of nitrogens with zero attached hydrogens (tertiary/aromatic N) is 1. The number of halogens is 1. The fourth-order valence-corrected chi connectivity index (χ4v) is 2.78. The van der Waals surface area contributed by atoms with Gasteiger partial charge in [0, 0.05) is 23.0 Å². The van der Waals surface area contributed by atoms with Gasteiger partial charge in [0.05, 0.1) is 5.69 Å². The van der Waals surface area contributed by atoms with E-state index in [9.17, 15) is 9.59 Å². The van der Waals surface area contributed by atoms with Crippen LogP contribution < -0.4 is 4.90 Å². The summed E-state index contributed by atoms with van der Waals surface area (Å²) in [7, 11) is 0. The summed E-state index contributed by atoms with van der Waals surface area (Å²) in [5, 5.41) is 0. The van der Waals surface area contributed by atoms with Crippen LogP contribution in [0.4, 0.5) is 5.69 Å². The normalized spacial score (nSPS) is 19.4. The summed E-state index contributed by atoms with van der Waals surface area (Å²) in [6.45, 7) is 2.19. The highest BCUT2D eigenvalue weighted by molar-refractivity contribution is 9.10. The van der Waals surface area contributed by atoms with Gasteiger partial charge in [0.15, 0.2) is 5.78 Å². The van der Waals surface area contributed by atoms with Gasteiger partial charge >= 0.3 is 0 Å². The maximum Gasteiger partial charge on any atom is 0.227 e. The topological polar surface area (TPSA) is 37.4 Å². The lowest BCUT2D eigenvalue weighted by Crippen LogP contribution is -2.25. The van der Waals surface area contributed by atoms with E-state index in [0.29, 0.717) is 24.3 Å². The molecule has 1 amide bonds. The number of carbonyl (C=O) groups excluding carboxylic acids is 2. The largest absolute Gasteiger partial charge is 0.311 e. The first kappa shape index (κ1) is 13.6. The Labute approximate surface area is 120 Å². The summed E-state index contributed by atoms with van der Waals surface area (Å²) >= 11 is 7.68. The van der Waals surface area contributed by atoms with Gasteiger partial charge in [0.25, 0.3) is 0 Å². The minimum Gasteiger partial charge on any atom is -0.311 e. The van der Waals surface area contributed by atoms with Crippen molar-refractivity contribution in [3.63, 3.8) is 0 Å². The Bertz CT molecular complexity index is 504. The minimum atomic E-state index is 0.00106. The quantitative estimate of drug-likeness (QED) is 0.684. The van der Waals surface area contributed by atoms with Crippen LogP contribution in [0.2, 0.25) is 0 Å². The zero-order chi connectivity index (χ0) is 13.3. The van der Waals surface area contributed by atoms with Crippen molar-refractivity contribution in [2.75, 3.05) is 17.2 Å². The predicted octanol–water partition coefficient (Wildman–Crippen LogP) is 2.93. The molecule has 18 heavy (non-hydrogen) atoms. The number of Topliss-reactive ketones (excluding diaryl/α,β-unsaturated/α-hetero) is 1. The van der Waals surface area contributed by atoms with Crippen LogP contribution in [0, 0.1) is 5.92 Å². The lowest BCUT2D eigenvalue weighted by atomic mass is 10.1.